The van der Waals surface area contributed by atoms with Gasteiger partial charge in [0.2, 0.25) is 11.7 Å². The molecule has 6 rings (SSSR count). The molecule has 0 saturated heterocycles. The molecule has 0 unspecified atom stereocenters. The molecular weight excluding hydrogens is 463 g/mol. The van der Waals surface area contributed by atoms with Crippen molar-refractivity contribution in [1.29, 1.82) is 0 Å². The minimum atomic E-state index is -4.55. The molecule has 12 heteroatoms. The lowest BCUT2D eigenvalue weighted by Crippen LogP contribution is -2.40. The van der Waals surface area contributed by atoms with Crippen LogP contribution in [0.1, 0.15) is 39.2 Å². The molecule has 0 radical (unpaired) electrons. The zero-order chi connectivity index (χ0) is 24.2. The number of pyridine rings is 2. The molecule has 5 aromatic heterocycles. The summed E-state index contributed by atoms with van der Waals surface area (Å²) < 4.78 is 47.6. The number of nitrogens with one attached hydrogen (secondary N) is 1. The Kier molecular flexibility index (Phi) is 4.69. The van der Waals surface area contributed by atoms with Crippen molar-refractivity contribution in [2.75, 3.05) is 6.54 Å². The molecule has 1 amide bonds. The number of oxazole rings is 1. The van der Waals surface area contributed by atoms with Crippen LogP contribution >= 0.6 is 0 Å². The number of fused-ring (bicyclic) bond motifs is 2. The Morgan fingerprint density at radius 1 is 1.14 bits per heavy atom. The third-order valence-corrected chi connectivity index (χ3v) is 5.89. The van der Waals surface area contributed by atoms with Gasteiger partial charge < -0.3 is 14.3 Å². The number of rotatable bonds is 3. The molecule has 1 aliphatic rings. The summed E-state index contributed by atoms with van der Waals surface area (Å²) in [7, 11) is 0. The summed E-state index contributed by atoms with van der Waals surface area (Å²) in [4.78, 5) is 30.7. The number of imidazole rings is 1. The van der Waals surface area contributed by atoms with Crippen LogP contribution in [0.4, 0.5) is 13.2 Å². The van der Waals surface area contributed by atoms with E-state index in [0.717, 1.165) is 16.3 Å². The van der Waals surface area contributed by atoms with Crippen LogP contribution in [0.5, 0.6) is 0 Å². The molecule has 0 bridgehead atoms. The van der Waals surface area contributed by atoms with Gasteiger partial charge in [-0.2, -0.15) is 18.3 Å². The fraction of sp³-hybridized carbons (Fsp3) is 0.174. The van der Waals surface area contributed by atoms with E-state index in [-0.39, 0.29) is 29.4 Å². The summed E-state index contributed by atoms with van der Waals surface area (Å²) in [5, 5.41) is 4.38. The van der Waals surface area contributed by atoms with Crippen LogP contribution in [0.25, 0.3) is 17.1 Å². The molecular formula is C23H16F3N7O2. The van der Waals surface area contributed by atoms with E-state index in [9.17, 15) is 18.0 Å². The van der Waals surface area contributed by atoms with E-state index in [2.05, 4.69) is 25.0 Å². The van der Waals surface area contributed by atoms with Crippen LogP contribution in [0.2, 0.25) is 0 Å². The third kappa shape index (κ3) is 3.54. The normalized spacial score (nSPS) is 16.0. The monoisotopic (exact) mass is 479 g/mol. The van der Waals surface area contributed by atoms with E-state index < -0.39 is 23.7 Å². The number of carbonyl (C=O) groups is 1. The summed E-state index contributed by atoms with van der Waals surface area (Å²) in [6, 6.07) is 8.03. The lowest BCUT2D eigenvalue weighted by atomic mass is 9.99. The standard InChI is InChI=1S/C23H16F3N7O2/c24-23(25,26)13-4-3-8-33-17(13)10-16(31-33)20-19-14(29-12-30-19)6-9-32(20)22(34)18-11-28-21(35-18)15-5-1-2-7-27-15/h1-5,7-8,10-12,20H,6,9H2,(H,29,30)/t20-/m1/s1. The van der Waals surface area contributed by atoms with Crippen LogP contribution in [0.15, 0.2) is 65.7 Å². The van der Waals surface area contributed by atoms with Crippen molar-refractivity contribution in [1.82, 2.24) is 34.4 Å². The first-order valence-electron chi connectivity index (χ1n) is 10.7. The van der Waals surface area contributed by atoms with Crippen molar-refractivity contribution in [2.45, 2.75) is 18.6 Å². The first-order chi connectivity index (χ1) is 16.9. The van der Waals surface area contributed by atoms with E-state index in [1.165, 1.54) is 35.8 Å². The molecule has 0 aliphatic carbocycles. The highest BCUT2D eigenvalue weighted by molar-refractivity contribution is 5.92. The summed E-state index contributed by atoms with van der Waals surface area (Å²) in [5.41, 5.74) is 1.11. The number of nitrogens with zero attached hydrogens (tertiary/aromatic N) is 6. The fourth-order valence-electron chi connectivity index (χ4n) is 4.32. The Bertz CT molecular complexity index is 1540. The first-order valence-corrected chi connectivity index (χ1v) is 10.7. The average molecular weight is 479 g/mol. The highest BCUT2D eigenvalue weighted by Crippen LogP contribution is 2.37. The van der Waals surface area contributed by atoms with Gasteiger partial charge in [0.05, 0.1) is 35.0 Å². The largest absolute Gasteiger partial charge is 0.429 e. The van der Waals surface area contributed by atoms with E-state index in [1.54, 1.807) is 24.4 Å². The number of aromatic nitrogens is 6. The quantitative estimate of drug-likeness (QED) is 0.421. The Balaban J connectivity index is 1.42. The zero-order valence-corrected chi connectivity index (χ0v) is 17.9. The maximum Gasteiger partial charge on any atom is 0.418 e. The van der Waals surface area contributed by atoms with E-state index in [1.807, 2.05) is 0 Å². The van der Waals surface area contributed by atoms with Crippen molar-refractivity contribution < 1.29 is 22.4 Å². The summed E-state index contributed by atoms with van der Waals surface area (Å²) in [5.74, 6) is -0.314. The van der Waals surface area contributed by atoms with Crippen LogP contribution in [-0.2, 0) is 12.6 Å². The lowest BCUT2D eigenvalue weighted by molar-refractivity contribution is -0.136. The van der Waals surface area contributed by atoms with Crippen molar-refractivity contribution in [3.63, 3.8) is 0 Å². The van der Waals surface area contributed by atoms with Gasteiger partial charge in [-0.3, -0.25) is 9.78 Å². The molecule has 1 N–H and O–H groups in total. The van der Waals surface area contributed by atoms with Crippen molar-refractivity contribution in [3.05, 3.63) is 89.7 Å². The Hall–Kier alpha value is -4.48. The van der Waals surface area contributed by atoms with Gasteiger partial charge in [0.25, 0.3) is 5.91 Å². The zero-order valence-electron chi connectivity index (χ0n) is 17.9. The molecule has 0 spiro atoms. The topological polar surface area (TPSA) is 105 Å². The van der Waals surface area contributed by atoms with Gasteiger partial charge >= 0.3 is 6.18 Å². The van der Waals surface area contributed by atoms with Crippen LogP contribution in [0, 0.1) is 0 Å². The molecule has 0 aromatic carbocycles. The molecule has 6 heterocycles. The van der Waals surface area contributed by atoms with E-state index in [4.69, 9.17) is 4.42 Å². The van der Waals surface area contributed by atoms with Crippen LogP contribution in [0.3, 0.4) is 0 Å². The maximum atomic E-state index is 13.6. The van der Waals surface area contributed by atoms with Crippen molar-refractivity contribution >= 4 is 11.4 Å². The number of amides is 1. The van der Waals surface area contributed by atoms with Crippen LogP contribution in [-0.4, -0.2) is 46.9 Å². The summed E-state index contributed by atoms with van der Waals surface area (Å²) >= 11 is 0. The molecule has 35 heavy (non-hydrogen) atoms. The number of hydrogen-bond donors (Lipinski definition) is 1. The van der Waals surface area contributed by atoms with Gasteiger partial charge in [-0.05, 0) is 30.3 Å². The molecule has 5 aromatic rings. The second kappa shape index (κ2) is 7.79. The average Bonchev–Trinajstić information content (AvgIpc) is 3.61. The molecule has 1 aliphatic heterocycles. The fourth-order valence-corrected chi connectivity index (χ4v) is 4.32. The molecule has 1 atom stereocenters. The third-order valence-electron chi connectivity index (χ3n) is 5.89. The van der Waals surface area contributed by atoms with Crippen LogP contribution < -0.4 is 0 Å². The minimum absolute atomic E-state index is 0.0191. The Morgan fingerprint density at radius 3 is 2.83 bits per heavy atom. The maximum absolute atomic E-state index is 13.6. The molecule has 0 saturated carbocycles. The van der Waals surface area contributed by atoms with E-state index in [0.29, 0.717) is 17.8 Å². The minimum Gasteiger partial charge on any atom is -0.429 e. The van der Waals surface area contributed by atoms with Gasteiger partial charge in [-0.25, -0.2) is 14.5 Å². The Labute approximate surface area is 195 Å². The second-order valence-electron chi connectivity index (χ2n) is 7.98. The highest BCUT2D eigenvalue weighted by atomic mass is 19.4. The Morgan fingerprint density at radius 2 is 2.03 bits per heavy atom. The number of alkyl halides is 3. The second-order valence-corrected chi connectivity index (χ2v) is 7.98. The molecule has 9 nitrogen and oxygen atoms in total. The van der Waals surface area contributed by atoms with Gasteiger partial charge in [0, 0.05) is 31.1 Å². The first kappa shape index (κ1) is 21.1. The molecule has 176 valence electrons. The van der Waals surface area contributed by atoms with Gasteiger partial charge in [0.15, 0.2) is 0 Å². The summed E-state index contributed by atoms with van der Waals surface area (Å²) in [6.45, 7) is 0.276. The number of carbonyl (C=O) groups excluding carboxylic acids is 1. The highest BCUT2D eigenvalue weighted by Gasteiger charge is 2.39. The smallest absolute Gasteiger partial charge is 0.418 e. The van der Waals surface area contributed by atoms with E-state index >= 15 is 0 Å². The number of aromatic amines is 1. The number of halogens is 3. The van der Waals surface area contributed by atoms with Gasteiger partial charge in [0.1, 0.15) is 11.7 Å². The van der Waals surface area contributed by atoms with Crippen molar-refractivity contribution in [2.24, 2.45) is 0 Å². The number of hydrogen-bond acceptors (Lipinski definition) is 6. The predicted octanol–water partition coefficient (Wildman–Crippen LogP) is 3.91. The number of H-pyrrole nitrogens is 1. The predicted molar refractivity (Wildman–Crippen MR) is 115 cm³/mol. The summed E-state index contributed by atoms with van der Waals surface area (Å²) in [6.07, 6.45) is 1.76. The van der Waals surface area contributed by atoms with Gasteiger partial charge in [-0.1, -0.05) is 6.07 Å². The van der Waals surface area contributed by atoms with Crippen molar-refractivity contribution in [3.8, 4) is 11.6 Å². The molecule has 0 fully saturated rings. The van der Waals surface area contributed by atoms with Gasteiger partial charge in [-0.15, -0.1) is 0 Å². The lowest BCUT2D eigenvalue weighted by Gasteiger charge is -2.33. The SMILES string of the molecule is O=C(c1cnc(-c2ccccn2)o1)N1CCc2[nH]cnc2[C@H]1c1cc2c(C(F)(F)F)cccn2n1.